The molecule has 0 bridgehead atoms. The SMILES string of the molecule is CC1(C)c2ccccc2-c2c[c-]c(-c3ccc4ccccc4n3)cc21.[Ir].[c-]1ccsc1-c1ccccn1. The Hall–Kier alpha value is -3.43. The summed E-state index contributed by atoms with van der Waals surface area (Å²) in [5.41, 5.74) is 9.45. The van der Waals surface area contributed by atoms with Crippen LogP contribution in [0.1, 0.15) is 25.0 Å². The molecule has 3 heterocycles. The Morgan fingerprint density at radius 1 is 0.757 bits per heavy atom. The van der Waals surface area contributed by atoms with Crippen molar-refractivity contribution in [2.24, 2.45) is 0 Å². The van der Waals surface area contributed by atoms with Crippen molar-refractivity contribution in [1.29, 1.82) is 0 Å². The van der Waals surface area contributed by atoms with Gasteiger partial charge in [-0.2, -0.15) is 12.1 Å². The first-order chi connectivity index (χ1) is 17.6. The van der Waals surface area contributed by atoms with E-state index < -0.39 is 0 Å². The maximum Gasteiger partial charge on any atom is 0.0595 e. The molecule has 1 aliphatic rings. The van der Waals surface area contributed by atoms with Gasteiger partial charge < -0.3 is 4.98 Å². The minimum atomic E-state index is 0. The second-order valence-electron chi connectivity index (χ2n) is 9.34. The first-order valence-electron chi connectivity index (χ1n) is 12.0. The largest absolute Gasteiger partial charge is 0.319 e. The van der Waals surface area contributed by atoms with Crippen molar-refractivity contribution in [2.45, 2.75) is 19.3 Å². The summed E-state index contributed by atoms with van der Waals surface area (Å²) in [6.45, 7) is 4.60. The van der Waals surface area contributed by atoms with Crippen LogP contribution in [-0.2, 0) is 25.5 Å². The number of hydrogen-bond donors (Lipinski definition) is 0. The van der Waals surface area contributed by atoms with Gasteiger partial charge in [-0.25, -0.2) is 11.3 Å². The third kappa shape index (κ3) is 4.81. The van der Waals surface area contributed by atoms with E-state index in [4.69, 9.17) is 4.98 Å². The molecule has 0 N–H and O–H groups in total. The van der Waals surface area contributed by atoms with Gasteiger partial charge in [0.05, 0.1) is 5.52 Å². The molecule has 7 rings (SSSR count). The zero-order chi connectivity index (χ0) is 24.5. The minimum Gasteiger partial charge on any atom is -0.319 e. The second-order valence-corrected chi connectivity index (χ2v) is 10.3. The Balaban J connectivity index is 0.000000197. The van der Waals surface area contributed by atoms with E-state index in [1.807, 2.05) is 41.8 Å². The van der Waals surface area contributed by atoms with E-state index in [1.54, 1.807) is 17.5 Å². The third-order valence-electron chi connectivity index (χ3n) is 6.76. The molecule has 3 aromatic carbocycles. The fraction of sp³-hybridized carbons (Fsp3) is 0.0909. The molecule has 0 atom stereocenters. The van der Waals surface area contributed by atoms with Gasteiger partial charge >= 0.3 is 0 Å². The van der Waals surface area contributed by atoms with Gasteiger partial charge in [0.15, 0.2) is 0 Å². The van der Waals surface area contributed by atoms with Gasteiger partial charge in [-0.1, -0.05) is 96.6 Å². The van der Waals surface area contributed by atoms with Crippen LogP contribution in [0.3, 0.4) is 0 Å². The summed E-state index contributed by atoms with van der Waals surface area (Å²) in [6, 6.07) is 39.9. The van der Waals surface area contributed by atoms with Gasteiger partial charge in [-0.05, 0) is 39.9 Å². The molecule has 0 aliphatic heterocycles. The van der Waals surface area contributed by atoms with E-state index in [0.717, 1.165) is 27.3 Å². The fourth-order valence-electron chi connectivity index (χ4n) is 4.88. The monoisotopic (exact) mass is 673 g/mol. The van der Waals surface area contributed by atoms with Crippen molar-refractivity contribution >= 4 is 22.2 Å². The first kappa shape index (κ1) is 25.2. The molecular weight excluding hydrogens is 649 g/mol. The summed E-state index contributed by atoms with van der Waals surface area (Å²) in [7, 11) is 0. The average molecular weight is 673 g/mol. The van der Waals surface area contributed by atoms with Crippen LogP contribution in [0.15, 0.2) is 109 Å². The molecule has 3 aromatic heterocycles. The van der Waals surface area contributed by atoms with Gasteiger partial charge in [0.2, 0.25) is 0 Å². The molecule has 183 valence electrons. The van der Waals surface area contributed by atoms with E-state index in [-0.39, 0.29) is 25.5 Å². The van der Waals surface area contributed by atoms with Crippen LogP contribution in [0.2, 0.25) is 0 Å². The molecule has 1 aliphatic carbocycles. The number of nitrogens with zero attached hydrogens (tertiary/aromatic N) is 2. The van der Waals surface area contributed by atoms with Gasteiger partial charge in [0.25, 0.3) is 0 Å². The number of benzene rings is 3. The normalized spacial score (nSPS) is 12.6. The van der Waals surface area contributed by atoms with E-state index >= 15 is 0 Å². The summed E-state index contributed by atoms with van der Waals surface area (Å²) in [5.74, 6) is 0. The quantitative estimate of drug-likeness (QED) is 0.172. The number of rotatable bonds is 2. The van der Waals surface area contributed by atoms with E-state index in [9.17, 15) is 0 Å². The molecule has 1 radical (unpaired) electrons. The molecular formula is C33H24IrN2S-2. The van der Waals surface area contributed by atoms with Crippen LogP contribution >= 0.6 is 11.3 Å². The Labute approximate surface area is 235 Å². The first-order valence-corrected chi connectivity index (χ1v) is 12.9. The van der Waals surface area contributed by atoms with Crippen LogP contribution in [0.25, 0.3) is 43.9 Å². The molecule has 37 heavy (non-hydrogen) atoms. The molecule has 0 unspecified atom stereocenters. The Bertz CT molecular complexity index is 1660. The van der Waals surface area contributed by atoms with E-state index in [1.165, 1.54) is 27.6 Å². The summed E-state index contributed by atoms with van der Waals surface area (Å²) in [4.78, 5) is 10.1. The van der Waals surface area contributed by atoms with Crippen LogP contribution in [0, 0.1) is 12.1 Å². The summed E-state index contributed by atoms with van der Waals surface area (Å²) in [6.07, 6.45) is 1.79. The van der Waals surface area contributed by atoms with E-state index in [2.05, 4.69) is 91.6 Å². The maximum absolute atomic E-state index is 4.84. The Kier molecular flexibility index (Phi) is 7.17. The van der Waals surface area contributed by atoms with Crippen LogP contribution in [0.5, 0.6) is 0 Å². The summed E-state index contributed by atoms with van der Waals surface area (Å²) >= 11 is 1.66. The molecule has 0 saturated heterocycles. The zero-order valence-electron chi connectivity index (χ0n) is 20.5. The van der Waals surface area contributed by atoms with Crippen molar-refractivity contribution < 1.29 is 20.1 Å². The molecule has 6 aromatic rings. The van der Waals surface area contributed by atoms with Crippen molar-refractivity contribution in [3.63, 3.8) is 0 Å². The standard InChI is InChI=1S/C24H18N.C9H6NS.Ir/c1-24(2)20-9-5-4-8-18(20)19-13-11-17(15-21(19)24)23-14-12-16-7-3-6-10-22(16)25-23;1-2-6-10-8(4-1)9-5-3-7-11-9;/h3-10,12-15H,1-2H3;1-4,6-7H;/q2*-1;. The molecule has 0 fully saturated rings. The molecule has 0 spiro atoms. The topological polar surface area (TPSA) is 25.8 Å². The average Bonchev–Trinajstić information content (AvgIpc) is 3.55. The maximum atomic E-state index is 4.84. The van der Waals surface area contributed by atoms with Crippen molar-refractivity contribution in [3.05, 3.63) is 132 Å². The van der Waals surface area contributed by atoms with Crippen LogP contribution < -0.4 is 0 Å². The van der Waals surface area contributed by atoms with Crippen molar-refractivity contribution in [3.8, 4) is 33.0 Å². The number of fused-ring (bicyclic) bond motifs is 4. The van der Waals surface area contributed by atoms with E-state index in [0.29, 0.717) is 0 Å². The zero-order valence-corrected chi connectivity index (χ0v) is 23.7. The van der Waals surface area contributed by atoms with Gasteiger partial charge in [0, 0.05) is 26.3 Å². The minimum absolute atomic E-state index is 0. The number of hydrogen-bond acceptors (Lipinski definition) is 3. The summed E-state index contributed by atoms with van der Waals surface area (Å²) in [5, 5.41) is 3.17. The molecule has 4 heteroatoms. The summed E-state index contributed by atoms with van der Waals surface area (Å²) < 4.78 is 0. The molecule has 0 amide bonds. The van der Waals surface area contributed by atoms with Crippen LogP contribution in [0.4, 0.5) is 0 Å². The number of aromatic nitrogens is 2. The van der Waals surface area contributed by atoms with Crippen molar-refractivity contribution in [2.75, 3.05) is 0 Å². The van der Waals surface area contributed by atoms with Crippen molar-refractivity contribution in [1.82, 2.24) is 9.97 Å². The molecule has 0 saturated carbocycles. The Morgan fingerprint density at radius 3 is 2.38 bits per heavy atom. The fourth-order valence-corrected chi connectivity index (χ4v) is 5.53. The second kappa shape index (κ2) is 10.5. The third-order valence-corrected chi connectivity index (χ3v) is 7.59. The Morgan fingerprint density at radius 2 is 1.57 bits per heavy atom. The predicted molar refractivity (Wildman–Crippen MR) is 150 cm³/mol. The number of pyridine rings is 2. The van der Waals surface area contributed by atoms with Gasteiger partial charge in [0.1, 0.15) is 0 Å². The van der Waals surface area contributed by atoms with Gasteiger partial charge in [-0.3, -0.25) is 4.98 Å². The predicted octanol–water partition coefficient (Wildman–Crippen LogP) is 8.62. The smallest absolute Gasteiger partial charge is 0.0595 e. The van der Waals surface area contributed by atoms with Gasteiger partial charge in [-0.15, -0.1) is 34.7 Å². The number of thiophene rings is 1. The van der Waals surface area contributed by atoms with Crippen LogP contribution in [-0.4, -0.2) is 9.97 Å². The number of para-hydroxylation sites is 1. The molecule has 2 nitrogen and oxygen atoms in total.